The average molecular weight is 374 g/mol. The zero-order valence-corrected chi connectivity index (χ0v) is 16.5. The minimum Gasteiger partial charge on any atom is -0.366 e. The van der Waals surface area contributed by atoms with Crippen molar-refractivity contribution in [2.45, 2.75) is 32.7 Å². The maximum atomic E-state index is 13.1. The third kappa shape index (κ3) is 2.73. The number of likely N-dealkylation sites (tertiary alicyclic amines) is 1. The van der Waals surface area contributed by atoms with Crippen LogP contribution in [0.1, 0.15) is 34.5 Å². The molecule has 28 heavy (non-hydrogen) atoms. The molecule has 1 fully saturated rings. The van der Waals surface area contributed by atoms with Crippen LogP contribution in [0.4, 0.5) is 11.4 Å². The van der Waals surface area contributed by atoms with Crippen LogP contribution in [0.2, 0.25) is 0 Å². The summed E-state index contributed by atoms with van der Waals surface area (Å²) in [4.78, 5) is 20.9. The Morgan fingerprint density at radius 2 is 1.86 bits per heavy atom. The van der Waals surface area contributed by atoms with Crippen LogP contribution in [-0.4, -0.2) is 41.6 Å². The number of nitrogens with zero attached hydrogens (tertiary/aromatic N) is 2. The molecule has 0 bridgehead atoms. The number of benzene rings is 2. The molecule has 2 aliphatic rings. The largest absolute Gasteiger partial charge is 0.366 e. The van der Waals surface area contributed by atoms with Gasteiger partial charge in [0.1, 0.15) is 5.69 Å². The highest BCUT2D eigenvalue weighted by Gasteiger charge is 2.31. The van der Waals surface area contributed by atoms with Crippen LogP contribution >= 0.6 is 0 Å². The van der Waals surface area contributed by atoms with Gasteiger partial charge in [-0.1, -0.05) is 24.3 Å². The molecule has 0 unspecified atom stereocenters. The molecule has 0 saturated carbocycles. The normalized spacial score (nSPS) is 17.1. The molecule has 1 aromatic heterocycles. The Morgan fingerprint density at radius 3 is 2.68 bits per heavy atom. The summed E-state index contributed by atoms with van der Waals surface area (Å²) in [6, 6.07) is 15.2. The highest BCUT2D eigenvalue weighted by atomic mass is 16.2. The molecule has 0 aliphatic carbocycles. The third-order valence-corrected chi connectivity index (χ3v) is 6.40. The maximum absolute atomic E-state index is 13.1. The lowest BCUT2D eigenvalue weighted by Crippen LogP contribution is -2.46. The van der Waals surface area contributed by atoms with Crippen LogP contribution in [0.15, 0.2) is 42.5 Å². The molecular formula is C23H26N4O. The number of aryl methyl sites for hydroxylation is 2. The van der Waals surface area contributed by atoms with Crippen LogP contribution < -0.4 is 10.2 Å². The number of piperidine rings is 1. The highest BCUT2D eigenvalue weighted by molar-refractivity contribution is 5.99. The lowest BCUT2D eigenvalue weighted by atomic mass is 10.0. The van der Waals surface area contributed by atoms with Gasteiger partial charge in [0, 0.05) is 30.0 Å². The van der Waals surface area contributed by atoms with Crippen molar-refractivity contribution >= 4 is 28.2 Å². The molecule has 1 saturated heterocycles. The number of amides is 1. The van der Waals surface area contributed by atoms with Crippen LogP contribution in [0.3, 0.4) is 0 Å². The van der Waals surface area contributed by atoms with Gasteiger partial charge in [-0.05, 0) is 56.0 Å². The van der Waals surface area contributed by atoms with E-state index < -0.39 is 0 Å². The lowest BCUT2D eigenvalue weighted by Gasteiger charge is -2.37. The first-order valence-corrected chi connectivity index (χ1v) is 10.1. The van der Waals surface area contributed by atoms with Crippen molar-refractivity contribution < 1.29 is 4.79 Å². The summed E-state index contributed by atoms with van der Waals surface area (Å²) in [6.07, 6.45) is 2.00. The summed E-state index contributed by atoms with van der Waals surface area (Å²) in [6.45, 7) is 6.67. The number of rotatable bonds is 2. The molecule has 5 rings (SSSR count). The predicted octanol–water partition coefficient (Wildman–Crippen LogP) is 4.28. The molecule has 2 aromatic carbocycles. The number of anilines is 2. The maximum Gasteiger partial charge on any atom is 0.270 e. The summed E-state index contributed by atoms with van der Waals surface area (Å²) in [5.74, 6) is 0.117. The average Bonchev–Trinajstić information content (AvgIpc) is 3.35. The van der Waals surface area contributed by atoms with Gasteiger partial charge in [0.2, 0.25) is 0 Å². The summed E-state index contributed by atoms with van der Waals surface area (Å²) in [5.41, 5.74) is 6.75. The van der Waals surface area contributed by atoms with Gasteiger partial charge < -0.3 is 20.1 Å². The van der Waals surface area contributed by atoms with Crippen LogP contribution in [0.5, 0.6) is 0 Å². The third-order valence-electron chi connectivity index (χ3n) is 6.40. The zero-order valence-electron chi connectivity index (χ0n) is 16.5. The molecule has 3 aromatic rings. The van der Waals surface area contributed by atoms with Gasteiger partial charge in [0.25, 0.3) is 5.91 Å². The number of H-pyrrole nitrogens is 1. The number of carbonyl (C=O) groups excluding carboxylic acids is 1. The molecule has 0 spiro atoms. The van der Waals surface area contributed by atoms with Crippen molar-refractivity contribution in [2.75, 3.05) is 30.0 Å². The topological polar surface area (TPSA) is 51.4 Å². The fourth-order valence-electron chi connectivity index (χ4n) is 4.57. The standard InChI is InChI=1S/C23H26N4O/c1-15-7-8-17-13-20(25-22(17)16(15)2)23(28)26-11-9-18(10-12-26)27-14-24-19-5-3-4-6-21(19)27/h3-8,13,18,24-25H,9-12,14H2,1-2H3. The number of aromatic nitrogens is 1. The molecule has 144 valence electrons. The van der Waals surface area contributed by atoms with Crippen LogP contribution in [0.25, 0.3) is 10.9 Å². The molecule has 3 heterocycles. The van der Waals surface area contributed by atoms with Crippen molar-refractivity contribution in [1.29, 1.82) is 0 Å². The number of hydrogen-bond donors (Lipinski definition) is 2. The quantitative estimate of drug-likeness (QED) is 0.704. The van der Waals surface area contributed by atoms with Crippen molar-refractivity contribution in [3.8, 4) is 0 Å². The van der Waals surface area contributed by atoms with E-state index in [2.05, 4.69) is 65.4 Å². The van der Waals surface area contributed by atoms with E-state index in [0.717, 1.165) is 43.5 Å². The molecule has 0 radical (unpaired) electrons. The first-order valence-electron chi connectivity index (χ1n) is 10.1. The van der Waals surface area contributed by atoms with Gasteiger partial charge in [-0.2, -0.15) is 0 Å². The van der Waals surface area contributed by atoms with Gasteiger partial charge in [-0.25, -0.2) is 0 Å². The second-order valence-corrected chi connectivity index (χ2v) is 8.00. The minimum atomic E-state index is 0.117. The lowest BCUT2D eigenvalue weighted by molar-refractivity contribution is 0.0708. The van der Waals surface area contributed by atoms with Gasteiger partial charge in [0.15, 0.2) is 0 Å². The second kappa shape index (κ2) is 6.59. The van der Waals surface area contributed by atoms with Crippen LogP contribution in [-0.2, 0) is 0 Å². The van der Waals surface area contributed by atoms with Crippen molar-refractivity contribution in [3.63, 3.8) is 0 Å². The molecule has 2 aliphatic heterocycles. The number of nitrogens with one attached hydrogen (secondary N) is 2. The molecule has 5 heteroatoms. The Morgan fingerprint density at radius 1 is 1.07 bits per heavy atom. The highest BCUT2D eigenvalue weighted by Crippen LogP contribution is 2.34. The number of carbonyl (C=O) groups is 1. The Balaban J connectivity index is 1.30. The number of para-hydroxylation sites is 2. The van der Waals surface area contributed by atoms with E-state index in [1.54, 1.807) is 0 Å². The van der Waals surface area contributed by atoms with E-state index in [-0.39, 0.29) is 5.91 Å². The van der Waals surface area contributed by atoms with Gasteiger partial charge in [0.05, 0.1) is 18.0 Å². The molecular weight excluding hydrogens is 348 g/mol. The van der Waals surface area contributed by atoms with Crippen molar-refractivity contribution in [1.82, 2.24) is 9.88 Å². The number of hydrogen-bond acceptors (Lipinski definition) is 3. The van der Waals surface area contributed by atoms with Gasteiger partial charge >= 0.3 is 0 Å². The summed E-state index contributed by atoms with van der Waals surface area (Å²) in [7, 11) is 0. The summed E-state index contributed by atoms with van der Waals surface area (Å²) < 4.78 is 0. The SMILES string of the molecule is Cc1ccc2cc(C(=O)N3CCC(N4CNc5ccccc54)CC3)[nH]c2c1C. The van der Waals surface area contributed by atoms with E-state index in [0.29, 0.717) is 11.7 Å². The fourth-order valence-corrected chi connectivity index (χ4v) is 4.57. The molecule has 1 amide bonds. The second-order valence-electron chi connectivity index (χ2n) is 8.00. The monoisotopic (exact) mass is 374 g/mol. The Labute approximate surface area is 165 Å². The zero-order chi connectivity index (χ0) is 19.3. The summed E-state index contributed by atoms with van der Waals surface area (Å²) in [5, 5.41) is 4.58. The number of aromatic amines is 1. The van der Waals surface area contributed by atoms with E-state index >= 15 is 0 Å². The van der Waals surface area contributed by atoms with E-state index in [4.69, 9.17) is 0 Å². The van der Waals surface area contributed by atoms with E-state index in [1.165, 1.54) is 22.5 Å². The Hall–Kier alpha value is -2.95. The van der Waals surface area contributed by atoms with E-state index in [1.807, 2.05) is 11.0 Å². The van der Waals surface area contributed by atoms with Crippen molar-refractivity contribution in [3.05, 3.63) is 59.3 Å². The van der Waals surface area contributed by atoms with Crippen molar-refractivity contribution in [2.24, 2.45) is 0 Å². The molecule has 5 nitrogen and oxygen atoms in total. The van der Waals surface area contributed by atoms with Gasteiger partial charge in [-0.3, -0.25) is 4.79 Å². The first kappa shape index (κ1) is 17.2. The molecule has 2 N–H and O–H groups in total. The number of fused-ring (bicyclic) bond motifs is 2. The summed E-state index contributed by atoms with van der Waals surface area (Å²) >= 11 is 0. The van der Waals surface area contributed by atoms with Crippen LogP contribution in [0, 0.1) is 13.8 Å². The van der Waals surface area contributed by atoms with Gasteiger partial charge in [-0.15, -0.1) is 0 Å². The predicted molar refractivity (Wildman–Crippen MR) is 114 cm³/mol. The smallest absolute Gasteiger partial charge is 0.270 e. The minimum absolute atomic E-state index is 0.117. The van der Waals surface area contributed by atoms with E-state index in [9.17, 15) is 4.79 Å². The first-order chi connectivity index (χ1) is 13.6. The Kier molecular flexibility index (Phi) is 4.04. The Bertz CT molecular complexity index is 1050. The molecule has 0 atom stereocenters. The fraction of sp³-hybridized carbons (Fsp3) is 0.348.